The maximum absolute atomic E-state index is 12.8. The van der Waals surface area contributed by atoms with Crippen LogP contribution in [-0.4, -0.2) is 9.97 Å². The molecule has 0 radical (unpaired) electrons. The van der Waals surface area contributed by atoms with Crippen molar-refractivity contribution in [3.8, 4) is 11.6 Å². The number of aryl methyl sites for hydroxylation is 1. The van der Waals surface area contributed by atoms with Gasteiger partial charge in [-0.3, -0.25) is 4.79 Å². The van der Waals surface area contributed by atoms with Crippen LogP contribution in [-0.2, 0) is 6.42 Å². The predicted molar refractivity (Wildman–Crippen MR) is 78.2 cm³/mol. The number of H-pyrrole nitrogens is 1. The van der Waals surface area contributed by atoms with E-state index in [4.69, 9.17) is 4.74 Å². The van der Waals surface area contributed by atoms with E-state index in [1.54, 1.807) is 12.1 Å². The quantitative estimate of drug-likeness (QED) is 0.801. The van der Waals surface area contributed by atoms with Gasteiger partial charge in [-0.05, 0) is 36.8 Å². The SMILES string of the molecule is CCc1cc(=O)c2nc(Oc3ccc(F)cc3)ccc2[nH]1. The third-order valence-corrected chi connectivity index (χ3v) is 3.12. The van der Waals surface area contributed by atoms with Gasteiger partial charge < -0.3 is 9.72 Å². The summed E-state index contributed by atoms with van der Waals surface area (Å²) < 4.78 is 18.4. The Balaban J connectivity index is 1.99. The first-order valence-corrected chi connectivity index (χ1v) is 6.62. The number of ether oxygens (including phenoxy) is 1. The zero-order chi connectivity index (χ0) is 14.8. The third-order valence-electron chi connectivity index (χ3n) is 3.12. The van der Waals surface area contributed by atoms with Crippen LogP contribution in [0.3, 0.4) is 0 Å². The van der Waals surface area contributed by atoms with Crippen LogP contribution in [0, 0.1) is 5.82 Å². The van der Waals surface area contributed by atoms with Crippen molar-refractivity contribution in [2.24, 2.45) is 0 Å². The largest absolute Gasteiger partial charge is 0.439 e. The van der Waals surface area contributed by atoms with Crippen molar-refractivity contribution in [1.29, 1.82) is 0 Å². The zero-order valence-corrected chi connectivity index (χ0v) is 11.4. The molecule has 2 heterocycles. The van der Waals surface area contributed by atoms with Crippen LogP contribution in [0.2, 0.25) is 0 Å². The lowest BCUT2D eigenvalue weighted by atomic mass is 10.2. The average molecular weight is 284 g/mol. The molecule has 4 nitrogen and oxygen atoms in total. The highest BCUT2D eigenvalue weighted by Gasteiger charge is 2.06. The highest BCUT2D eigenvalue weighted by atomic mass is 19.1. The summed E-state index contributed by atoms with van der Waals surface area (Å²) in [6, 6.07) is 10.6. The smallest absolute Gasteiger partial charge is 0.220 e. The Morgan fingerprint density at radius 2 is 1.95 bits per heavy atom. The highest BCUT2D eigenvalue weighted by Crippen LogP contribution is 2.21. The molecule has 5 heteroatoms. The van der Waals surface area contributed by atoms with E-state index in [2.05, 4.69) is 9.97 Å². The molecule has 0 amide bonds. The molecule has 1 aromatic carbocycles. The molecule has 106 valence electrons. The molecule has 21 heavy (non-hydrogen) atoms. The van der Waals surface area contributed by atoms with Crippen LogP contribution in [0.4, 0.5) is 4.39 Å². The van der Waals surface area contributed by atoms with Crippen LogP contribution in [0.1, 0.15) is 12.6 Å². The first-order valence-electron chi connectivity index (χ1n) is 6.62. The summed E-state index contributed by atoms with van der Waals surface area (Å²) in [6.45, 7) is 1.97. The number of halogens is 1. The Morgan fingerprint density at radius 3 is 2.67 bits per heavy atom. The molecule has 0 bridgehead atoms. The Labute approximate surface area is 120 Å². The highest BCUT2D eigenvalue weighted by molar-refractivity contribution is 5.74. The normalized spacial score (nSPS) is 10.8. The van der Waals surface area contributed by atoms with E-state index in [9.17, 15) is 9.18 Å². The van der Waals surface area contributed by atoms with E-state index >= 15 is 0 Å². The summed E-state index contributed by atoms with van der Waals surface area (Å²) in [5.41, 5.74) is 1.71. The molecule has 0 atom stereocenters. The lowest BCUT2D eigenvalue weighted by Crippen LogP contribution is -2.06. The van der Waals surface area contributed by atoms with Gasteiger partial charge in [-0.1, -0.05) is 6.92 Å². The van der Waals surface area contributed by atoms with Gasteiger partial charge in [0.15, 0.2) is 0 Å². The number of pyridine rings is 2. The molecule has 3 aromatic rings. The van der Waals surface area contributed by atoms with Gasteiger partial charge in [0.05, 0.1) is 5.52 Å². The summed E-state index contributed by atoms with van der Waals surface area (Å²) in [5.74, 6) is 0.422. The molecule has 0 saturated carbocycles. The van der Waals surface area contributed by atoms with Crippen molar-refractivity contribution < 1.29 is 9.13 Å². The fourth-order valence-corrected chi connectivity index (χ4v) is 2.04. The van der Waals surface area contributed by atoms with Crippen molar-refractivity contribution >= 4 is 11.0 Å². The minimum absolute atomic E-state index is 0.148. The molecule has 0 saturated heterocycles. The maximum atomic E-state index is 12.8. The summed E-state index contributed by atoms with van der Waals surface area (Å²) in [7, 11) is 0. The average Bonchev–Trinajstić information content (AvgIpc) is 2.50. The van der Waals surface area contributed by atoms with Gasteiger partial charge in [0.2, 0.25) is 11.3 Å². The third kappa shape index (κ3) is 2.76. The van der Waals surface area contributed by atoms with Gasteiger partial charge in [0.1, 0.15) is 17.1 Å². The first kappa shape index (κ1) is 13.3. The summed E-state index contributed by atoms with van der Waals surface area (Å²) >= 11 is 0. The molecule has 0 unspecified atom stereocenters. The number of aromatic nitrogens is 2. The number of nitrogens with zero attached hydrogens (tertiary/aromatic N) is 1. The summed E-state index contributed by atoms with van der Waals surface area (Å²) in [5, 5.41) is 0. The van der Waals surface area contributed by atoms with Gasteiger partial charge >= 0.3 is 0 Å². The van der Waals surface area contributed by atoms with E-state index in [1.165, 1.54) is 30.3 Å². The zero-order valence-electron chi connectivity index (χ0n) is 11.4. The molecule has 1 N–H and O–H groups in total. The van der Waals surface area contributed by atoms with Gasteiger partial charge in [0.25, 0.3) is 0 Å². The second-order valence-electron chi connectivity index (χ2n) is 4.61. The van der Waals surface area contributed by atoms with Crippen LogP contribution >= 0.6 is 0 Å². The first-order chi connectivity index (χ1) is 10.2. The second-order valence-corrected chi connectivity index (χ2v) is 4.61. The lowest BCUT2D eigenvalue weighted by molar-refractivity contribution is 0.463. The fourth-order valence-electron chi connectivity index (χ4n) is 2.04. The number of nitrogens with one attached hydrogen (secondary N) is 1. The van der Waals surface area contributed by atoms with Crippen LogP contribution in [0.5, 0.6) is 11.6 Å². The topological polar surface area (TPSA) is 55.0 Å². The Hall–Kier alpha value is -2.69. The number of fused-ring (bicyclic) bond motifs is 1. The molecule has 3 rings (SSSR count). The number of hydrogen-bond donors (Lipinski definition) is 1. The van der Waals surface area contributed by atoms with E-state index in [1.807, 2.05) is 6.92 Å². The van der Waals surface area contributed by atoms with Gasteiger partial charge in [-0.2, -0.15) is 0 Å². The summed E-state index contributed by atoms with van der Waals surface area (Å²) in [6.07, 6.45) is 0.749. The van der Waals surface area contributed by atoms with Crippen molar-refractivity contribution in [3.05, 3.63) is 64.2 Å². The van der Waals surface area contributed by atoms with Gasteiger partial charge in [-0.15, -0.1) is 0 Å². The second kappa shape index (κ2) is 5.36. The number of aromatic amines is 1. The monoisotopic (exact) mass is 284 g/mol. The Morgan fingerprint density at radius 1 is 1.19 bits per heavy atom. The molecule has 0 aliphatic rings. The Kier molecular flexibility index (Phi) is 3.39. The molecule has 0 spiro atoms. The van der Waals surface area contributed by atoms with Crippen LogP contribution in [0.25, 0.3) is 11.0 Å². The minimum atomic E-state index is -0.336. The Bertz CT molecular complexity index is 841. The fraction of sp³-hybridized carbons (Fsp3) is 0.125. The standard InChI is InChI=1S/C16H13FN2O2/c1-2-11-9-14(20)16-13(18-11)7-8-15(19-16)21-12-5-3-10(17)4-6-12/h3-9H,2H2,1H3,(H,18,20). The molecule has 0 aliphatic carbocycles. The van der Waals surface area contributed by atoms with E-state index in [0.717, 1.165) is 12.1 Å². The van der Waals surface area contributed by atoms with Crippen molar-refractivity contribution in [2.45, 2.75) is 13.3 Å². The number of benzene rings is 1. The minimum Gasteiger partial charge on any atom is -0.439 e. The molecule has 0 aliphatic heterocycles. The van der Waals surface area contributed by atoms with Gasteiger partial charge in [0, 0.05) is 17.8 Å². The van der Waals surface area contributed by atoms with Crippen LogP contribution < -0.4 is 10.2 Å². The summed E-state index contributed by atoms with van der Waals surface area (Å²) in [4.78, 5) is 19.4. The van der Waals surface area contributed by atoms with Crippen molar-refractivity contribution in [3.63, 3.8) is 0 Å². The molecular weight excluding hydrogens is 271 g/mol. The number of hydrogen-bond acceptors (Lipinski definition) is 3. The van der Waals surface area contributed by atoms with Crippen LogP contribution in [0.15, 0.2) is 47.3 Å². The predicted octanol–water partition coefficient (Wildman–Crippen LogP) is 3.42. The van der Waals surface area contributed by atoms with Crippen molar-refractivity contribution in [2.75, 3.05) is 0 Å². The lowest BCUT2D eigenvalue weighted by Gasteiger charge is -2.06. The maximum Gasteiger partial charge on any atom is 0.220 e. The molecule has 2 aromatic heterocycles. The number of rotatable bonds is 3. The molecule has 0 fully saturated rings. The van der Waals surface area contributed by atoms with Crippen molar-refractivity contribution in [1.82, 2.24) is 9.97 Å². The van der Waals surface area contributed by atoms with Gasteiger partial charge in [-0.25, -0.2) is 9.37 Å². The van der Waals surface area contributed by atoms with E-state index < -0.39 is 0 Å². The van der Waals surface area contributed by atoms with E-state index in [0.29, 0.717) is 22.7 Å². The van der Waals surface area contributed by atoms with E-state index in [-0.39, 0.29) is 11.2 Å². The molecular formula is C16H13FN2O2.